The number of aryl methyl sites for hydroxylation is 1. The predicted octanol–water partition coefficient (Wildman–Crippen LogP) is 2.26. The van der Waals surface area contributed by atoms with Crippen LogP contribution in [0.3, 0.4) is 0 Å². The van der Waals surface area contributed by atoms with Gasteiger partial charge in [0.25, 0.3) is 0 Å². The molecular formula is C17H19N3O2. The van der Waals surface area contributed by atoms with Crippen LogP contribution in [0.4, 0.5) is 0 Å². The molecule has 0 bridgehead atoms. The Kier molecular flexibility index (Phi) is 2.36. The molecule has 2 saturated heterocycles. The van der Waals surface area contributed by atoms with Crippen molar-refractivity contribution in [2.45, 2.75) is 37.8 Å². The molecule has 2 aliphatic heterocycles. The van der Waals surface area contributed by atoms with Crippen LogP contribution >= 0.6 is 0 Å². The summed E-state index contributed by atoms with van der Waals surface area (Å²) in [4.78, 5) is 15.1. The number of aromatic nitrogens is 2. The molecule has 1 saturated carbocycles. The summed E-state index contributed by atoms with van der Waals surface area (Å²) in [5.41, 5.74) is 2.84. The average molecular weight is 297 g/mol. The van der Waals surface area contributed by atoms with Crippen molar-refractivity contribution >= 4 is 16.9 Å². The Morgan fingerprint density at radius 1 is 1.45 bits per heavy atom. The third-order valence-electron chi connectivity index (χ3n) is 6.04. The van der Waals surface area contributed by atoms with Gasteiger partial charge in [-0.25, -0.2) is 4.79 Å². The molecule has 5 nitrogen and oxygen atoms in total. The maximum absolute atomic E-state index is 12.5. The standard InChI is InChI=1S/C17H19N3O2/c1-10-2-3-11-13(8-10)18-19-15(11)16(21)22-14-9-20-7-6-17(20)5-4-12(14)17/h2-3,8,12,14H,4-7,9H2,1H3,(H,18,19)/t12-,14-,17?/m1/s1. The van der Waals surface area contributed by atoms with Crippen LogP contribution in [0, 0.1) is 12.8 Å². The highest BCUT2D eigenvalue weighted by molar-refractivity contribution is 6.02. The maximum Gasteiger partial charge on any atom is 0.359 e. The first-order chi connectivity index (χ1) is 10.7. The van der Waals surface area contributed by atoms with Crippen LogP contribution in [0.1, 0.15) is 35.3 Å². The lowest BCUT2D eigenvalue weighted by molar-refractivity contribution is -0.0772. The van der Waals surface area contributed by atoms with Gasteiger partial charge in [0, 0.05) is 29.9 Å². The number of carbonyl (C=O) groups is 1. The van der Waals surface area contributed by atoms with E-state index in [4.69, 9.17) is 4.74 Å². The van der Waals surface area contributed by atoms with Crippen molar-refractivity contribution in [2.75, 3.05) is 13.1 Å². The van der Waals surface area contributed by atoms with E-state index >= 15 is 0 Å². The van der Waals surface area contributed by atoms with Crippen LogP contribution in [0.5, 0.6) is 0 Å². The fourth-order valence-corrected chi connectivity index (χ4v) is 4.66. The molecule has 1 unspecified atom stereocenters. The quantitative estimate of drug-likeness (QED) is 0.864. The van der Waals surface area contributed by atoms with E-state index in [-0.39, 0.29) is 12.1 Å². The SMILES string of the molecule is Cc1ccc2c(C(=O)O[C@@H]3CN4CCC45CC[C@H]35)n[nH]c2c1. The van der Waals surface area contributed by atoms with Gasteiger partial charge < -0.3 is 4.74 Å². The van der Waals surface area contributed by atoms with Gasteiger partial charge in [-0.05, 0) is 37.8 Å². The number of hydrogen-bond donors (Lipinski definition) is 1. The second-order valence-electron chi connectivity index (χ2n) is 7.01. The first-order valence-electron chi connectivity index (χ1n) is 8.08. The molecule has 1 spiro atoms. The molecule has 1 aromatic carbocycles. The van der Waals surface area contributed by atoms with Crippen molar-refractivity contribution < 1.29 is 9.53 Å². The highest BCUT2D eigenvalue weighted by Gasteiger charge is 2.64. The monoisotopic (exact) mass is 297 g/mol. The zero-order chi connectivity index (χ0) is 14.9. The van der Waals surface area contributed by atoms with Crippen LogP contribution in [-0.2, 0) is 4.74 Å². The van der Waals surface area contributed by atoms with Crippen molar-refractivity contribution in [3.8, 4) is 0 Å². The number of nitrogens with one attached hydrogen (secondary N) is 1. The molecule has 1 aromatic heterocycles. The summed E-state index contributed by atoms with van der Waals surface area (Å²) in [6.45, 7) is 4.09. The lowest BCUT2D eigenvalue weighted by atomic mass is 9.61. The molecule has 22 heavy (non-hydrogen) atoms. The first kappa shape index (κ1) is 12.6. The molecule has 0 amide bonds. The summed E-state index contributed by atoms with van der Waals surface area (Å²) < 4.78 is 5.84. The average Bonchev–Trinajstić information content (AvgIpc) is 2.89. The topological polar surface area (TPSA) is 58.2 Å². The molecule has 3 aliphatic rings. The molecule has 3 fully saturated rings. The minimum Gasteiger partial charge on any atom is -0.456 e. The molecule has 3 heterocycles. The van der Waals surface area contributed by atoms with E-state index in [1.165, 1.54) is 19.3 Å². The molecule has 1 N–H and O–H groups in total. The number of ether oxygens (including phenoxy) is 1. The number of rotatable bonds is 2. The van der Waals surface area contributed by atoms with Crippen molar-refractivity contribution in [2.24, 2.45) is 5.92 Å². The normalized spacial score (nSPS) is 33.0. The Hall–Kier alpha value is -1.88. The van der Waals surface area contributed by atoms with Crippen molar-refractivity contribution in [3.63, 3.8) is 0 Å². The second-order valence-corrected chi connectivity index (χ2v) is 7.01. The number of hydrogen-bond acceptors (Lipinski definition) is 4. The zero-order valence-corrected chi connectivity index (χ0v) is 12.6. The smallest absolute Gasteiger partial charge is 0.359 e. The Morgan fingerprint density at radius 3 is 3.05 bits per heavy atom. The fraction of sp³-hybridized carbons (Fsp3) is 0.529. The maximum atomic E-state index is 12.5. The fourth-order valence-electron chi connectivity index (χ4n) is 4.66. The molecule has 3 atom stereocenters. The molecule has 2 aromatic rings. The second kappa shape index (κ2) is 4.10. The van der Waals surface area contributed by atoms with E-state index in [0.29, 0.717) is 17.2 Å². The molecule has 5 rings (SSSR count). The van der Waals surface area contributed by atoms with Crippen LogP contribution in [-0.4, -0.2) is 45.8 Å². The number of esters is 1. The van der Waals surface area contributed by atoms with Gasteiger partial charge in [-0.3, -0.25) is 10.00 Å². The molecular weight excluding hydrogens is 278 g/mol. The summed E-state index contributed by atoms with van der Waals surface area (Å²) in [5.74, 6) is 0.252. The van der Waals surface area contributed by atoms with Gasteiger partial charge in [0.2, 0.25) is 0 Å². The van der Waals surface area contributed by atoms with Crippen LogP contribution in [0.25, 0.3) is 10.9 Å². The molecule has 0 radical (unpaired) electrons. The van der Waals surface area contributed by atoms with Gasteiger partial charge in [-0.2, -0.15) is 5.10 Å². The first-order valence-corrected chi connectivity index (χ1v) is 8.08. The minimum atomic E-state index is -0.287. The number of aromatic amines is 1. The predicted molar refractivity (Wildman–Crippen MR) is 81.7 cm³/mol. The lowest BCUT2D eigenvalue weighted by Crippen LogP contribution is -2.63. The molecule has 5 heteroatoms. The van der Waals surface area contributed by atoms with Gasteiger partial charge in [0.1, 0.15) is 6.10 Å². The Labute approximate surface area is 128 Å². The largest absolute Gasteiger partial charge is 0.456 e. The third kappa shape index (κ3) is 1.47. The van der Waals surface area contributed by atoms with Gasteiger partial charge in [-0.1, -0.05) is 12.1 Å². The van der Waals surface area contributed by atoms with E-state index in [2.05, 4.69) is 15.1 Å². The van der Waals surface area contributed by atoms with Crippen molar-refractivity contribution in [1.29, 1.82) is 0 Å². The van der Waals surface area contributed by atoms with E-state index in [9.17, 15) is 4.79 Å². The molecule has 114 valence electrons. The van der Waals surface area contributed by atoms with Gasteiger partial charge in [-0.15, -0.1) is 0 Å². The van der Waals surface area contributed by atoms with Gasteiger partial charge in [0.05, 0.1) is 5.52 Å². The van der Waals surface area contributed by atoms with Crippen LogP contribution < -0.4 is 0 Å². The van der Waals surface area contributed by atoms with Gasteiger partial charge >= 0.3 is 5.97 Å². The highest BCUT2D eigenvalue weighted by atomic mass is 16.5. The van der Waals surface area contributed by atoms with Crippen molar-refractivity contribution in [1.82, 2.24) is 15.1 Å². The number of fused-ring (bicyclic) bond motifs is 1. The summed E-state index contributed by atoms with van der Waals surface area (Å²) >= 11 is 0. The van der Waals surface area contributed by atoms with E-state index in [0.717, 1.165) is 29.6 Å². The van der Waals surface area contributed by atoms with E-state index in [1.54, 1.807) is 0 Å². The summed E-state index contributed by atoms with van der Waals surface area (Å²) in [7, 11) is 0. The Morgan fingerprint density at radius 2 is 2.36 bits per heavy atom. The number of H-pyrrole nitrogens is 1. The summed E-state index contributed by atoms with van der Waals surface area (Å²) in [5, 5.41) is 7.96. The minimum absolute atomic E-state index is 0.0425. The number of benzene rings is 1. The Bertz CT molecular complexity index is 779. The number of nitrogens with zero attached hydrogens (tertiary/aromatic N) is 2. The lowest BCUT2D eigenvalue weighted by Gasteiger charge is -2.57. The van der Waals surface area contributed by atoms with Crippen LogP contribution in [0.15, 0.2) is 18.2 Å². The van der Waals surface area contributed by atoms with E-state index in [1.807, 2.05) is 25.1 Å². The van der Waals surface area contributed by atoms with Gasteiger partial charge in [0.15, 0.2) is 5.69 Å². The summed E-state index contributed by atoms with van der Waals surface area (Å²) in [6.07, 6.45) is 3.78. The van der Waals surface area contributed by atoms with Crippen molar-refractivity contribution in [3.05, 3.63) is 29.5 Å². The number of carbonyl (C=O) groups excluding carboxylic acids is 1. The van der Waals surface area contributed by atoms with Crippen LogP contribution in [0.2, 0.25) is 0 Å². The molecule has 1 aliphatic carbocycles. The zero-order valence-electron chi connectivity index (χ0n) is 12.6. The highest BCUT2D eigenvalue weighted by Crippen LogP contribution is 2.58. The third-order valence-corrected chi connectivity index (χ3v) is 6.04. The Balaban J connectivity index is 1.40. The summed E-state index contributed by atoms with van der Waals surface area (Å²) in [6, 6.07) is 5.94. The van der Waals surface area contributed by atoms with E-state index < -0.39 is 0 Å².